The Morgan fingerprint density at radius 1 is 1.17 bits per heavy atom. The number of hydrogen-bond donors (Lipinski definition) is 0. The molecule has 0 unspecified atom stereocenters. The Morgan fingerprint density at radius 2 is 1.75 bits per heavy atom. The molecule has 2 heterocycles. The van der Waals surface area contributed by atoms with E-state index in [4.69, 9.17) is 9.16 Å². The van der Waals surface area contributed by atoms with Crippen molar-refractivity contribution < 1.29 is 28.6 Å². The average Bonchev–Trinajstić information content (AvgIpc) is 2.99. The van der Waals surface area contributed by atoms with E-state index in [0.717, 1.165) is 0 Å². The van der Waals surface area contributed by atoms with Gasteiger partial charge in [0.1, 0.15) is 12.3 Å². The van der Waals surface area contributed by atoms with E-state index in [9.17, 15) is 29.8 Å². The van der Waals surface area contributed by atoms with E-state index in [1.165, 1.54) is 29.2 Å². The number of nitro groups is 2. The Hall–Kier alpha value is -3.12. The second-order valence-electron chi connectivity index (χ2n) is 11.0. The minimum absolute atomic E-state index is 0.0586. The number of carbonyl (C=O) groups excluding carboxylic acids is 2. The zero-order valence-electron chi connectivity index (χ0n) is 21.6. The molecule has 4 atom stereocenters. The predicted molar refractivity (Wildman–Crippen MR) is 133 cm³/mol. The van der Waals surface area contributed by atoms with Crippen LogP contribution in [0.4, 0.5) is 5.69 Å². The first-order chi connectivity index (χ1) is 16.6. The molecule has 0 radical (unpaired) electrons. The summed E-state index contributed by atoms with van der Waals surface area (Å²) in [6.07, 6.45) is -0.408. The van der Waals surface area contributed by atoms with Gasteiger partial charge >= 0.3 is 5.97 Å². The van der Waals surface area contributed by atoms with Crippen LogP contribution in [0, 0.1) is 32.1 Å². The molecule has 12 heteroatoms. The highest BCUT2D eigenvalue weighted by Gasteiger charge is 2.61. The number of ether oxygens (including phenoxy) is 1. The quantitative estimate of drug-likeness (QED) is 0.156. The van der Waals surface area contributed by atoms with Crippen LogP contribution < -0.4 is 0 Å². The molecule has 0 N–H and O–H groups in total. The van der Waals surface area contributed by atoms with Crippen LogP contribution in [-0.4, -0.2) is 53.6 Å². The third kappa shape index (κ3) is 5.05. The van der Waals surface area contributed by atoms with Crippen LogP contribution in [0.2, 0.25) is 18.1 Å². The molecule has 0 spiro atoms. The van der Waals surface area contributed by atoms with Crippen LogP contribution in [0.3, 0.4) is 0 Å². The lowest BCUT2D eigenvalue weighted by Gasteiger charge is -2.50. The van der Waals surface area contributed by atoms with Crippen LogP contribution in [0.1, 0.15) is 40.2 Å². The normalized spacial score (nSPS) is 22.7. The Balaban J connectivity index is 1.80. The summed E-state index contributed by atoms with van der Waals surface area (Å²) in [5, 5.41) is 22.2. The van der Waals surface area contributed by atoms with E-state index in [2.05, 4.69) is 33.9 Å². The van der Waals surface area contributed by atoms with E-state index >= 15 is 0 Å². The number of non-ortho nitro benzene ring substituents is 1. The first kappa shape index (κ1) is 27.5. The summed E-state index contributed by atoms with van der Waals surface area (Å²) in [6, 6.07) is 5.09. The fourth-order valence-electron chi connectivity index (χ4n) is 4.61. The molecule has 0 aromatic heterocycles. The molecule has 0 bridgehead atoms. The van der Waals surface area contributed by atoms with Gasteiger partial charge in [-0.1, -0.05) is 27.7 Å². The average molecular weight is 520 g/mol. The number of hydrogen-bond acceptors (Lipinski definition) is 8. The lowest BCUT2D eigenvalue weighted by atomic mass is 9.78. The van der Waals surface area contributed by atoms with Crippen molar-refractivity contribution in [3.63, 3.8) is 0 Å². The number of β-lactam (4-membered cyclic amide) rings is 1. The lowest BCUT2D eigenvalue weighted by Crippen LogP contribution is -2.65. The van der Waals surface area contributed by atoms with Gasteiger partial charge in [-0.05, 0) is 42.8 Å². The third-order valence-electron chi connectivity index (χ3n) is 7.60. The van der Waals surface area contributed by atoms with Crippen molar-refractivity contribution in [3.8, 4) is 0 Å². The van der Waals surface area contributed by atoms with E-state index < -0.39 is 54.7 Å². The minimum Gasteiger partial charge on any atom is -0.456 e. The van der Waals surface area contributed by atoms with E-state index in [-0.39, 0.29) is 34.5 Å². The van der Waals surface area contributed by atoms with Gasteiger partial charge in [-0.25, -0.2) is 4.79 Å². The molecular formula is C24H33N3O8Si. The summed E-state index contributed by atoms with van der Waals surface area (Å²) in [6.45, 7) is 13.4. The van der Waals surface area contributed by atoms with Gasteiger partial charge in [-0.15, -0.1) is 0 Å². The molecule has 0 saturated carbocycles. The van der Waals surface area contributed by atoms with Crippen molar-refractivity contribution in [1.29, 1.82) is 0 Å². The summed E-state index contributed by atoms with van der Waals surface area (Å²) < 4.78 is 11.8. The monoisotopic (exact) mass is 519 g/mol. The van der Waals surface area contributed by atoms with Gasteiger partial charge < -0.3 is 14.1 Å². The van der Waals surface area contributed by atoms with Gasteiger partial charge in [-0.3, -0.25) is 25.0 Å². The Bertz CT molecular complexity index is 1110. The van der Waals surface area contributed by atoms with Gasteiger partial charge in [0.15, 0.2) is 8.32 Å². The number of benzene rings is 1. The SMILES string of the molecule is C[C@@H](O[Si](C)(C)C(C)(C)C)[C@@H]1C(=O)N2C(C(=O)OCc3ccc([N+](=O)[O-])cc3)=C(C[N+](=O)[O-])[C@H](C)[C@H]12. The highest BCUT2D eigenvalue weighted by atomic mass is 28.4. The first-order valence-corrected chi connectivity index (χ1v) is 14.7. The van der Waals surface area contributed by atoms with Crippen LogP contribution in [0.5, 0.6) is 0 Å². The number of rotatable bonds is 9. The molecule has 1 saturated heterocycles. The molecule has 1 fully saturated rings. The molecule has 2 aliphatic rings. The molecule has 0 aliphatic carbocycles. The standard InChI is InChI=1S/C24H33N3O8Si/c1-14-18(12-25(30)31)21(23(29)34-13-16-8-10-17(11-9-16)27(32)33)26-20(14)19(22(26)28)15(2)35-36(6,7)24(3,4)5/h8-11,14-15,19-20H,12-13H2,1-7H3/t14-,15+,19-,20+/m0/s1. The van der Waals surface area contributed by atoms with Crippen molar-refractivity contribution in [3.05, 3.63) is 61.3 Å². The first-order valence-electron chi connectivity index (χ1n) is 11.8. The highest BCUT2D eigenvalue weighted by Crippen LogP contribution is 2.49. The van der Waals surface area contributed by atoms with Crippen LogP contribution in [0.15, 0.2) is 35.5 Å². The molecule has 2 aliphatic heterocycles. The van der Waals surface area contributed by atoms with Crippen LogP contribution >= 0.6 is 0 Å². The summed E-state index contributed by atoms with van der Waals surface area (Å²) in [7, 11) is -2.18. The smallest absolute Gasteiger partial charge is 0.355 e. The number of carbonyl (C=O) groups is 2. The maximum absolute atomic E-state index is 13.3. The third-order valence-corrected chi connectivity index (χ3v) is 12.2. The fraction of sp³-hybridized carbons (Fsp3) is 0.583. The fourth-order valence-corrected chi connectivity index (χ4v) is 6.04. The largest absolute Gasteiger partial charge is 0.456 e. The number of amides is 1. The summed E-state index contributed by atoms with van der Waals surface area (Å²) in [4.78, 5) is 48.9. The van der Waals surface area contributed by atoms with Gasteiger partial charge in [0.2, 0.25) is 12.5 Å². The molecule has 36 heavy (non-hydrogen) atoms. The number of nitrogens with zero attached hydrogens (tertiary/aromatic N) is 3. The summed E-state index contributed by atoms with van der Waals surface area (Å²) >= 11 is 0. The zero-order chi connectivity index (χ0) is 27.2. The van der Waals surface area contributed by atoms with Crippen molar-refractivity contribution in [2.45, 2.75) is 71.5 Å². The van der Waals surface area contributed by atoms with Gasteiger partial charge in [0.05, 0.1) is 23.0 Å². The second-order valence-corrected chi connectivity index (χ2v) is 15.7. The summed E-state index contributed by atoms with van der Waals surface area (Å²) in [5.41, 5.74) is 0.595. The minimum atomic E-state index is -2.18. The number of esters is 1. The molecule has 3 rings (SSSR count). The number of fused-ring (bicyclic) bond motifs is 1. The molecule has 1 aromatic carbocycles. The van der Waals surface area contributed by atoms with Gasteiger partial charge in [-0.2, -0.15) is 0 Å². The number of nitro benzene ring substituents is 1. The Labute approximate surface area is 210 Å². The van der Waals surface area contributed by atoms with Gasteiger partial charge in [0.25, 0.3) is 5.69 Å². The van der Waals surface area contributed by atoms with Crippen molar-refractivity contribution in [1.82, 2.24) is 4.90 Å². The topological polar surface area (TPSA) is 142 Å². The van der Waals surface area contributed by atoms with Crippen LogP contribution in [-0.2, 0) is 25.4 Å². The lowest BCUT2D eigenvalue weighted by molar-refractivity contribution is -0.471. The molecule has 1 aromatic rings. The summed E-state index contributed by atoms with van der Waals surface area (Å²) in [5.74, 6) is -2.07. The molecule has 1 amide bonds. The van der Waals surface area contributed by atoms with E-state index in [0.29, 0.717) is 5.56 Å². The predicted octanol–water partition coefficient (Wildman–Crippen LogP) is 4.06. The Kier molecular flexibility index (Phi) is 7.43. The van der Waals surface area contributed by atoms with Crippen molar-refractivity contribution in [2.24, 2.45) is 11.8 Å². The zero-order valence-corrected chi connectivity index (χ0v) is 22.6. The molecule has 11 nitrogen and oxygen atoms in total. The molecular weight excluding hydrogens is 486 g/mol. The van der Waals surface area contributed by atoms with Crippen LogP contribution in [0.25, 0.3) is 0 Å². The maximum atomic E-state index is 13.3. The van der Waals surface area contributed by atoms with E-state index in [1.54, 1.807) is 6.92 Å². The van der Waals surface area contributed by atoms with Gasteiger partial charge in [0, 0.05) is 28.5 Å². The van der Waals surface area contributed by atoms with Crippen molar-refractivity contribution >= 4 is 25.9 Å². The maximum Gasteiger partial charge on any atom is 0.355 e. The second kappa shape index (κ2) is 9.73. The van der Waals surface area contributed by atoms with E-state index in [1.807, 2.05) is 6.92 Å². The highest BCUT2D eigenvalue weighted by molar-refractivity contribution is 6.74. The molecule has 196 valence electrons. The van der Waals surface area contributed by atoms with Crippen molar-refractivity contribution in [2.75, 3.05) is 6.54 Å². The Morgan fingerprint density at radius 3 is 2.25 bits per heavy atom.